The number of aromatic nitrogens is 2. The molecule has 0 N–H and O–H groups in total. The second-order valence-corrected chi connectivity index (χ2v) is 5.46. The van der Waals surface area contributed by atoms with Gasteiger partial charge in [-0.15, -0.1) is 11.3 Å². The number of carbonyl (C=O) groups is 1. The maximum Gasteiger partial charge on any atom is 0.194 e. The van der Waals surface area contributed by atoms with Gasteiger partial charge in [-0.05, 0) is 43.2 Å². The summed E-state index contributed by atoms with van der Waals surface area (Å²) in [6, 6.07) is 6.00. The Morgan fingerprint density at radius 3 is 2.80 bits per heavy atom. The lowest BCUT2D eigenvalue weighted by Gasteiger charge is -2.07. The minimum absolute atomic E-state index is 0.615. The number of imidazole rings is 1. The molecule has 2 heterocycles. The Kier molecular flexibility index (Phi) is 3.06. The summed E-state index contributed by atoms with van der Waals surface area (Å²) in [5.74, 6) is 0.859. The second kappa shape index (κ2) is 4.76. The molecule has 0 fully saturated rings. The smallest absolute Gasteiger partial charge is 0.194 e. The molecule has 0 bridgehead atoms. The van der Waals surface area contributed by atoms with E-state index in [2.05, 4.69) is 11.1 Å². The van der Waals surface area contributed by atoms with Crippen LogP contribution in [0.4, 0.5) is 0 Å². The predicted octanol–water partition coefficient (Wildman–Crippen LogP) is 3.50. The average molecular weight is 286 g/mol. The molecule has 2 aromatic heterocycles. The Balaban J connectivity index is 2.24. The largest absolute Gasteiger partial charge is 0.496 e. The SMILES string of the molecule is COc1ccc(-c2csc3nc(C)c(C=O)n23)cc1C. The minimum atomic E-state index is 0.615. The molecule has 0 aliphatic rings. The van der Waals surface area contributed by atoms with E-state index >= 15 is 0 Å². The molecule has 0 radical (unpaired) electrons. The first-order valence-electron chi connectivity index (χ1n) is 6.22. The highest BCUT2D eigenvalue weighted by Crippen LogP contribution is 2.31. The number of rotatable bonds is 3. The molecule has 1 aromatic carbocycles. The van der Waals surface area contributed by atoms with E-state index in [4.69, 9.17) is 4.74 Å². The number of aryl methyl sites for hydroxylation is 2. The van der Waals surface area contributed by atoms with Gasteiger partial charge in [0.05, 0.1) is 18.5 Å². The maximum atomic E-state index is 11.3. The van der Waals surface area contributed by atoms with E-state index in [-0.39, 0.29) is 0 Å². The molecule has 0 saturated carbocycles. The summed E-state index contributed by atoms with van der Waals surface area (Å²) in [4.78, 5) is 16.5. The molecule has 5 heteroatoms. The lowest BCUT2D eigenvalue weighted by Crippen LogP contribution is -1.94. The number of carbonyl (C=O) groups excluding carboxylic acids is 1. The van der Waals surface area contributed by atoms with Gasteiger partial charge in [-0.2, -0.15) is 0 Å². The van der Waals surface area contributed by atoms with Crippen LogP contribution in [0.5, 0.6) is 5.75 Å². The van der Waals surface area contributed by atoms with Crippen molar-refractivity contribution in [3.63, 3.8) is 0 Å². The molecule has 0 aliphatic heterocycles. The number of aldehydes is 1. The Bertz CT molecular complexity index is 802. The Morgan fingerprint density at radius 1 is 1.35 bits per heavy atom. The van der Waals surface area contributed by atoms with Crippen LogP contribution in [0.25, 0.3) is 16.2 Å². The summed E-state index contributed by atoms with van der Waals surface area (Å²) in [6.07, 6.45) is 0.863. The van der Waals surface area contributed by atoms with E-state index in [1.165, 1.54) is 11.3 Å². The van der Waals surface area contributed by atoms with Crippen molar-refractivity contribution in [1.82, 2.24) is 9.38 Å². The van der Waals surface area contributed by atoms with E-state index in [0.29, 0.717) is 5.69 Å². The van der Waals surface area contributed by atoms with Gasteiger partial charge in [-0.1, -0.05) is 0 Å². The number of ether oxygens (including phenoxy) is 1. The number of nitrogens with zero attached hydrogens (tertiary/aromatic N) is 2. The van der Waals surface area contributed by atoms with Crippen molar-refractivity contribution in [2.24, 2.45) is 0 Å². The van der Waals surface area contributed by atoms with Crippen LogP contribution in [0.1, 0.15) is 21.7 Å². The van der Waals surface area contributed by atoms with Crippen LogP contribution in [0, 0.1) is 13.8 Å². The number of benzene rings is 1. The van der Waals surface area contributed by atoms with Crippen LogP contribution in [-0.4, -0.2) is 22.8 Å². The predicted molar refractivity (Wildman–Crippen MR) is 79.9 cm³/mol. The van der Waals surface area contributed by atoms with Crippen molar-refractivity contribution in [3.8, 4) is 17.0 Å². The first-order valence-corrected chi connectivity index (χ1v) is 7.10. The van der Waals surface area contributed by atoms with Gasteiger partial charge in [0.2, 0.25) is 0 Å². The summed E-state index contributed by atoms with van der Waals surface area (Å²) >= 11 is 1.54. The van der Waals surface area contributed by atoms with Crippen molar-refractivity contribution >= 4 is 22.6 Å². The van der Waals surface area contributed by atoms with Crippen molar-refractivity contribution in [2.75, 3.05) is 7.11 Å². The monoisotopic (exact) mass is 286 g/mol. The molecule has 0 aliphatic carbocycles. The summed E-state index contributed by atoms with van der Waals surface area (Å²) in [5, 5.41) is 2.02. The lowest BCUT2D eigenvalue weighted by atomic mass is 10.1. The minimum Gasteiger partial charge on any atom is -0.496 e. The topological polar surface area (TPSA) is 43.6 Å². The van der Waals surface area contributed by atoms with Crippen molar-refractivity contribution in [2.45, 2.75) is 13.8 Å². The van der Waals surface area contributed by atoms with E-state index in [1.54, 1.807) is 7.11 Å². The van der Waals surface area contributed by atoms with Crippen LogP contribution in [0.15, 0.2) is 23.6 Å². The van der Waals surface area contributed by atoms with Crippen LogP contribution in [-0.2, 0) is 0 Å². The number of hydrogen-bond donors (Lipinski definition) is 0. The Labute approximate surface area is 120 Å². The van der Waals surface area contributed by atoms with E-state index in [1.807, 2.05) is 35.8 Å². The van der Waals surface area contributed by atoms with E-state index in [9.17, 15) is 4.79 Å². The van der Waals surface area contributed by atoms with Crippen molar-refractivity contribution in [3.05, 3.63) is 40.5 Å². The van der Waals surface area contributed by atoms with E-state index < -0.39 is 0 Å². The maximum absolute atomic E-state index is 11.3. The highest BCUT2D eigenvalue weighted by Gasteiger charge is 2.15. The first kappa shape index (κ1) is 12.9. The number of fused-ring (bicyclic) bond motifs is 1. The summed E-state index contributed by atoms with van der Waals surface area (Å²) in [5.41, 5.74) is 4.48. The molecule has 20 heavy (non-hydrogen) atoms. The standard InChI is InChI=1S/C15H14N2O2S/c1-9-6-11(4-5-14(9)19-3)13-8-20-15-16-10(2)12(7-18)17(13)15/h4-8H,1-3H3. The highest BCUT2D eigenvalue weighted by atomic mass is 32.1. The third kappa shape index (κ3) is 1.82. The average Bonchev–Trinajstić information content (AvgIpc) is 2.96. The number of hydrogen-bond acceptors (Lipinski definition) is 4. The van der Waals surface area contributed by atoms with Crippen LogP contribution in [0.3, 0.4) is 0 Å². The van der Waals surface area contributed by atoms with Gasteiger partial charge in [-0.3, -0.25) is 9.20 Å². The van der Waals surface area contributed by atoms with Gasteiger partial charge >= 0.3 is 0 Å². The molecule has 3 rings (SSSR count). The third-order valence-electron chi connectivity index (χ3n) is 3.39. The zero-order chi connectivity index (χ0) is 14.3. The number of thiazole rings is 1. The zero-order valence-corrected chi connectivity index (χ0v) is 12.3. The molecule has 3 aromatic rings. The summed E-state index contributed by atoms with van der Waals surface area (Å²) in [7, 11) is 1.66. The molecule has 0 atom stereocenters. The first-order chi connectivity index (χ1) is 9.65. The molecule has 0 amide bonds. The summed E-state index contributed by atoms with van der Waals surface area (Å²) < 4.78 is 7.19. The molecule has 0 spiro atoms. The van der Waals surface area contributed by atoms with Gasteiger partial charge in [0.15, 0.2) is 11.2 Å². The Morgan fingerprint density at radius 2 is 2.15 bits per heavy atom. The van der Waals surface area contributed by atoms with Crippen LogP contribution in [0.2, 0.25) is 0 Å². The third-order valence-corrected chi connectivity index (χ3v) is 4.21. The number of methoxy groups -OCH3 is 1. The molecule has 4 nitrogen and oxygen atoms in total. The van der Waals surface area contributed by atoms with Gasteiger partial charge < -0.3 is 4.74 Å². The fraction of sp³-hybridized carbons (Fsp3) is 0.200. The van der Waals surface area contributed by atoms with Gasteiger partial charge in [0.25, 0.3) is 0 Å². The molecule has 0 saturated heterocycles. The van der Waals surface area contributed by atoms with Crippen LogP contribution < -0.4 is 4.74 Å². The molecular weight excluding hydrogens is 272 g/mol. The molecule has 102 valence electrons. The van der Waals surface area contributed by atoms with Crippen LogP contribution >= 0.6 is 11.3 Å². The molecular formula is C15H14N2O2S. The van der Waals surface area contributed by atoms with Gasteiger partial charge in [0, 0.05) is 5.38 Å². The quantitative estimate of drug-likeness (QED) is 0.692. The fourth-order valence-corrected chi connectivity index (χ4v) is 3.31. The zero-order valence-electron chi connectivity index (χ0n) is 11.5. The Hall–Kier alpha value is -2.14. The van der Waals surface area contributed by atoms with Gasteiger partial charge in [-0.25, -0.2) is 4.98 Å². The van der Waals surface area contributed by atoms with E-state index in [0.717, 1.165) is 39.5 Å². The van der Waals surface area contributed by atoms with Gasteiger partial charge in [0.1, 0.15) is 11.4 Å². The van der Waals surface area contributed by atoms with Crippen molar-refractivity contribution < 1.29 is 9.53 Å². The summed E-state index contributed by atoms with van der Waals surface area (Å²) in [6.45, 7) is 3.86. The second-order valence-electron chi connectivity index (χ2n) is 4.62. The highest BCUT2D eigenvalue weighted by molar-refractivity contribution is 7.15. The fourth-order valence-electron chi connectivity index (χ4n) is 2.36. The lowest BCUT2D eigenvalue weighted by molar-refractivity contribution is 0.111. The molecule has 0 unspecified atom stereocenters. The van der Waals surface area contributed by atoms with Crippen molar-refractivity contribution in [1.29, 1.82) is 0 Å². The normalized spacial score (nSPS) is 10.9.